The van der Waals surface area contributed by atoms with E-state index in [2.05, 4.69) is 9.97 Å². The Kier molecular flexibility index (Phi) is 3.25. The van der Waals surface area contributed by atoms with Crippen molar-refractivity contribution in [2.75, 3.05) is 6.61 Å². The van der Waals surface area contributed by atoms with Crippen LogP contribution in [0.15, 0.2) is 0 Å². The number of aromatic amines is 1. The van der Waals surface area contributed by atoms with Gasteiger partial charge in [0.2, 0.25) is 0 Å². The van der Waals surface area contributed by atoms with E-state index in [1.807, 2.05) is 20.8 Å². The molecule has 0 fully saturated rings. The second-order valence-corrected chi connectivity index (χ2v) is 2.56. The third kappa shape index (κ3) is 2.32. The number of imidazole rings is 1. The highest BCUT2D eigenvalue weighted by Gasteiger charge is 2.03. The molecule has 1 heterocycles. The first-order valence-corrected chi connectivity index (χ1v) is 4.00. The summed E-state index contributed by atoms with van der Waals surface area (Å²) >= 11 is 0. The van der Waals surface area contributed by atoms with Crippen LogP contribution in [0.4, 0.5) is 0 Å². The number of aromatic nitrogens is 2. The van der Waals surface area contributed by atoms with E-state index < -0.39 is 0 Å². The van der Waals surface area contributed by atoms with Gasteiger partial charge in [-0.2, -0.15) is 0 Å². The minimum Gasteiger partial charge on any atom is -0.346 e. The fraction of sp³-hybridized carbons (Fsp3) is 0.625. The smallest absolute Gasteiger partial charge is 0.126 e. The van der Waals surface area contributed by atoms with Gasteiger partial charge in [-0.1, -0.05) is 0 Å². The normalized spacial score (nSPS) is 10.6. The van der Waals surface area contributed by atoms with E-state index >= 15 is 0 Å². The SMILES string of the molecule is CCOOCc1nc(C)[nH]c1C. The van der Waals surface area contributed by atoms with Crippen LogP contribution in [0, 0.1) is 13.8 Å². The fourth-order valence-corrected chi connectivity index (χ4v) is 0.979. The van der Waals surface area contributed by atoms with Crippen LogP contribution in [-0.4, -0.2) is 16.6 Å². The number of hydrogen-bond donors (Lipinski definition) is 1. The van der Waals surface area contributed by atoms with Gasteiger partial charge < -0.3 is 4.98 Å². The summed E-state index contributed by atoms with van der Waals surface area (Å²) in [4.78, 5) is 16.9. The van der Waals surface area contributed by atoms with E-state index in [-0.39, 0.29) is 0 Å². The molecule has 0 bridgehead atoms. The highest BCUT2D eigenvalue weighted by molar-refractivity contribution is 5.10. The van der Waals surface area contributed by atoms with Crippen molar-refractivity contribution in [2.24, 2.45) is 0 Å². The van der Waals surface area contributed by atoms with E-state index in [0.717, 1.165) is 17.2 Å². The van der Waals surface area contributed by atoms with E-state index in [9.17, 15) is 0 Å². The second-order valence-electron chi connectivity index (χ2n) is 2.56. The first-order chi connectivity index (χ1) is 5.74. The van der Waals surface area contributed by atoms with E-state index in [0.29, 0.717) is 13.2 Å². The van der Waals surface area contributed by atoms with Crippen LogP contribution in [0.2, 0.25) is 0 Å². The van der Waals surface area contributed by atoms with Crippen LogP contribution < -0.4 is 0 Å². The van der Waals surface area contributed by atoms with Crippen molar-refractivity contribution in [3.8, 4) is 0 Å². The minimum atomic E-state index is 0.407. The molecule has 0 atom stereocenters. The molecule has 1 aromatic heterocycles. The summed E-state index contributed by atoms with van der Waals surface area (Å²) in [5, 5.41) is 0. The van der Waals surface area contributed by atoms with Gasteiger partial charge in [0, 0.05) is 5.69 Å². The number of nitrogens with one attached hydrogen (secondary N) is 1. The van der Waals surface area contributed by atoms with E-state index in [1.54, 1.807) is 0 Å². The number of H-pyrrole nitrogens is 1. The maximum Gasteiger partial charge on any atom is 0.126 e. The summed E-state index contributed by atoms with van der Waals surface area (Å²) < 4.78 is 0. The molecule has 0 saturated carbocycles. The molecule has 12 heavy (non-hydrogen) atoms. The van der Waals surface area contributed by atoms with Crippen molar-refractivity contribution in [3.63, 3.8) is 0 Å². The van der Waals surface area contributed by atoms with Gasteiger partial charge >= 0.3 is 0 Å². The van der Waals surface area contributed by atoms with Gasteiger partial charge in [-0.3, -0.25) is 0 Å². The molecule has 0 unspecified atom stereocenters. The first kappa shape index (κ1) is 9.22. The highest BCUT2D eigenvalue weighted by Crippen LogP contribution is 2.05. The molecule has 0 spiro atoms. The van der Waals surface area contributed by atoms with Crippen LogP contribution >= 0.6 is 0 Å². The summed E-state index contributed by atoms with van der Waals surface area (Å²) in [6.45, 7) is 6.72. The van der Waals surface area contributed by atoms with Gasteiger partial charge in [0.1, 0.15) is 12.4 Å². The Hall–Kier alpha value is -0.870. The van der Waals surface area contributed by atoms with Gasteiger partial charge in [0.25, 0.3) is 0 Å². The monoisotopic (exact) mass is 170 g/mol. The highest BCUT2D eigenvalue weighted by atomic mass is 17.2. The Labute approximate surface area is 71.8 Å². The molecule has 0 aliphatic heterocycles. The van der Waals surface area contributed by atoms with Crippen LogP contribution in [0.3, 0.4) is 0 Å². The molecule has 1 aromatic rings. The van der Waals surface area contributed by atoms with Crippen molar-refractivity contribution in [3.05, 3.63) is 17.2 Å². The molecule has 0 saturated heterocycles. The molecule has 4 nitrogen and oxygen atoms in total. The molecule has 68 valence electrons. The maximum atomic E-state index is 4.88. The third-order valence-corrected chi connectivity index (χ3v) is 1.50. The lowest BCUT2D eigenvalue weighted by Gasteiger charge is -1.98. The maximum absolute atomic E-state index is 4.88. The van der Waals surface area contributed by atoms with Crippen molar-refractivity contribution in [1.29, 1.82) is 0 Å². The predicted molar refractivity (Wildman–Crippen MR) is 44.5 cm³/mol. The molecule has 0 amide bonds. The Morgan fingerprint density at radius 3 is 2.58 bits per heavy atom. The molecule has 1 N–H and O–H groups in total. The molecule has 0 aliphatic rings. The molecule has 4 heteroatoms. The van der Waals surface area contributed by atoms with Gasteiger partial charge in [0.15, 0.2) is 0 Å². The number of aryl methyl sites for hydroxylation is 2. The zero-order valence-electron chi connectivity index (χ0n) is 7.68. The Balaban J connectivity index is 2.45. The summed E-state index contributed by atoms with van der Waals surface area (Å²) in [6, 6.07) is 0. The zero-order chi connectivity index (χ0) is 8.97. The molecular weight excluding hydrogens is 156 g/mol. The van der Waals surface area contributed by atoms with Gasteiger partial charge in [-0.05, 0) is 20.8 Å². The van der Waals surface area contributed by atoms with Gasteiger partial charge in [0.05, 0.1) is 12.3 Å². The number of hydrogen-bond acceptors (Lipinski definition) is 3. The third-order valence-electron chi connectivity index (χ3n) is 1.50. The van der Waals surface area contributed by atoms with Gasteiger partial charge in [-0.25, -0.2) is 14.8 Å². The Morgan fingerprint density at radius 2 is 2.08 bits per heavy atom. The molecule has 0 radical (unpaired) electrons. The number of nitrogens with zero attached hydrogens (tertiary/aromatic N) is 1. The molecule has 1 rings (SSSR count). The quantitative estimate of drug-likeness (QED) is 0.423. The van der Waals surface area contributed by atoms with Crippen LogP contribution in [0.1, 0.15) is 24.1 Å². The van der Waals surface area contributed by atoms with Crippen LogP contribution in [0.5, 0.6) is 0 Å². The lowest BCUT2D eigenvalue weighted by atomic mass is 10.4. The lowest BCUT2D eigenvalue weighted by molar-refractivity contribution is -0.301. The summed E-state index contributed by atoms with van der Waals surface area (Å²) in [5.74, 6) is 0.905. The second kappa shape index (κ2) is 4.23. The van der Waals surface area contributed by atoms with Crippen molar-refractivity contribution in [1.82, 2.24) is 9.97 Å². The van der Waals surface area contributed by atoms with Crippen molar-refractivity contribution >= 4 is 0 Å². The average molecular weight is 170 g/mol. The molecule has 0 aromatic carbocycles. The zero-order valence-corrected chi connectivity index (χ0v) is 7.68. The van der Waals surface area contributed by atoms with Crippen LogP contribution in [-0.2, 0) is 16.4 Å². The summed E-state index contributed by atoms with van der Waals surface area (Å²) in [7, 11) is 0. The topological polar surface area (TPSA) is 47.1 Å². The Morgan fingerprint density at radius 1 is 1.33 bits per heavy atom. The average Bonchev–Trinajstić information content (AvgIpc) is 2.31. The molecule has 0 aliphatic carbocycles. The molecular formula is C8H14N2O2. The minimum absolute atomic E-state index is 0.407. The largest absolute Gasteiger partial charge is 0.346 e. The fourth-order valence-electron chi connectivity index (χ4n) is 0.979. The Bertz CT molecular complexity index is 245. The van der Waals surface area contributed by atoms with E-state index in [4.69, 9.17) is 9.78 Å². The first-order valence-electron chi connectivity index (χ1n) is 4.00. The standard InChI is InChI=1S/C8H14N2O2/c1-4-11-12-5-8-6(2)9-7(3)10-8/h4-5H2,1-3H3,(H,9,10). The van der Waals surface area contributed by atoms with Crippen molar-refractivity contribution in [2.45, 2.75) is 27.4 Å². The lowest BCUT2D eigenvalue weighted by Crippen LogP contribution is -1.96. The van der Waals surface area contributed by atoms with Crippen LogP contribution in [0.25, 0.3) is 0 Å². The van der Waals surface area contributed by atoms with Gasteiger partial charge in [-0.15, -0.1) is 0 Å². The summed E-state index contributed by atoms with van der Waals surface area (Å²) in [6.07, 6.45) is 0. The van der Waals surface area contributed by atoms with Crippen molar-refractivity contribution < 1.29 is 9.78 Å². The van der Waals surface area contributed by atoms with E-state index in [1.165, 1.54) is 0 Å². The predicted octanol–water partition coefficient (Wildman–Crippen LogP) is 1.49. The summed E-state index contributed by atoms with van der Waals surface area (Å²) in [5.41, 5.74) is 1.94. The number of rotatable bonds is 4.